The van der Waals surface area contributed by atoms with Crippen LogP contribution in [0.1, 0.15) is 63.4 Å². The number of hydrogen-bond donors (Lipinski definition) is 0. The van der Waals surface area contributed by atoms with E-state index >= 15 is 0 Å². The van der Waals surface area contributed by atoms with Crippen molar-refractivity contribution in [2.45, 2.75) is 58.1 Å². The first kappa shape index (κ1) is 20.0. The van der Waals surface area contributed by atoms with Gasteiger partial charge in [-0.05, 0) is 41.9 Å². The molecule has 1 amide bonds. The van der Waals surface area contributed by atoms with E-state index in [0.29, 0.717) is 31.5 Å². The molecule has 0 unspecified atom stereocenters. The molecule has 1 saturated heterocycles. The van der Waals surface area contributed by atoms with Crippen molar-refractivity contribution in [1.82, 2.24) is 4.90 Å². The van der Waals surface area contributed by atoms with Crippen molar-refractivity contribution < 1.29 is 13.2 Å². The Hall–Kier alpha value is -1.36. The third kappa shape index (κ3) is 5.06. The van der Waals surface area contributed by atoms with Crippen LogP contribution in [-0.4, -0.2) is 43.3 Å². The molecule has 0 spiro atoms. The van der Waals surface area contributed by atoms with E-state index in [4.69, 9.17) is 0 Å². The van der Waals surface area contributed by atoms with E-state index in [2.05, 4.69) is 20.8 Å². The predicted octanol–water partition coefficient (Wildman–Crippen LogP) is 3.66. The second kappa shape index (κ2) is 7.48. The Bertz CT molecular complexity index is 691. The summed E-state index contributed by atoms with van der Waals surface area (Å²) in [6.45, 7) is 11.3. The summed E-state index contributed by atoms with van der Waals surface area (Å²) in [6, 6.07) is 7.77. The molecule has 5 heteroatoms. The van der Waals surface area contributed by atoms with Crippen LogP contribution < -0.4 is 0 Å². The fourth-order valence-corrected chi connectivity index (χ4v) is 5.44. The summed E-state index contributed by atoms with van der Waals surface area (Å²) in [5.74, 6) is 0.381. The van der Waals surface area contributed by atoms with Crippen molar-refractivity contribution in [3.8, 4) is 0 Å². The average molecular weight is 366 g/mol. The smallest absolute Gasteiger partial charge is 0.253 e. The van der Waals surface area contributed by atoms with Gasteiger partial charge in [0, 0.05) is 18.7 Å². The molecular weight excluding hydrogens is 334 g/mol. The van der Waals surface area contributed by atoms with Crippen molar-refractivity contribution in [1.29, 1.82) is 0 Å². The molecule has 0 aliphatic carbocycles. The molecule has 2 rings (SSSR count). The highest BCUT2D eigenvalue weighted by Crippen LogP contribution is 2.24. The van der Waals surface area contributed by atoms with Crippen molar-refractivity contribution in [2.24, 2.45) is 5.92 Å². The van der Waals surface area contributed by atoms with E-state index in [1.54, 1.807) is 4.90 Å². The van der Waals surface area contributed by atoms with Crippen molar-refractivity contribution >= 4 is 15.7 Å². The van der Waals surface area contributed by atoms with Gasteiger partial charge in [0.2, 0.25) is 0 Å². The Morgan fingerprint density at radius 1 is 1.12 bits per heavy atom. The predicted molar refractivity (Wildman–Crippen MR) is 103 cm³/mol. The van der Waals surface area contributed by atoms with E-state index < -0.39 is 9.84 Å². The highest BCUT2D eigenvalue weighted by Gasteiger charge is 2.32. The largest absolute Gasteiger partial charge is 0.339 e. The fraction of sp³-hybridized carbons (Fsp3) is 0.650. The molecule has 0 N–H and O–H groups in total. The third-order valence-corrected chi connectivity index (χ3v) is 7.42. The Morgan fingerprint density at radius 3 is 2.08 bits per heavy atom. The zero-order valence-electron chi connectivity index (χ0n) is 16.1. The second-order valence-electron chi connectivity index (χ2n) is 8.54. The van der Waals surface area contributed by atoms with Crippen LogP contribution in [0.3, 0.4) is 0 Å². The first-order chi connectivity index (χ1) is 11.5. The summed E-state index contributed by atoms with van der Waals surface area (Å²) < 4.78 is 24.7. The molecular formula is C20H31NO3S. The van der Waals surface area contributed by atoms with Crippen LogP contribution in [0, 0.1) is 5.92 Å². The molecule has 0 aromatic heterocycles. The molecule has 1 aliphatic rings. The summed E-state index contributed by atoms with van der Waals surface area (Å²) in [7, 11) is -3.06. The zero-order valence-corrected chi connectivity index (χ0v) is 16.9. The first-order valence-corrected chi connectivity index (χ1v) is 10.8. The van der Waals surface area contributed by atoms with E-state index in [9.17, 15) is 13.2 Å². The first-order valence-electron chi connectivity index (χ1n) is 9.12. The molecule has 4 nitrogen and oxygen atoms in total. The molecule has 25 heavy (non-hydrogen) atoms. The van der Waals surface area contributed by atoms with Crippen LogP contribution in [0.2, 0.25) is 0 Å². The summed E-state index contributed by atoms with van der Waals surface area (Å²) in [6.07, 6.45) is 1.09. The number of rotatable bonds is 4. The zero-order chi connectivity index (χ0) is 18.8. The number of carbonyl (C=O) groups excluding carboxylic acids is 1. The van der Waals surface area contributed by atoms with Gasteiger partial charge in [0.15, 0.2) is 9.84 Å². The Balaban J connectivity index is 2.00. The second-order valence-corrected chi connectivity index (χ2v) is 10.9. The average Bonchev–Trinajstić information content (AvgIpc) is 2.52. The topological polar surface area (TPSA) is 54.5 Å². The van der Waals surface area contributed by atoms with Crippen LogP contribution in [-0.2, 0) is 15.3 Å². The third-order valence-electron chi connectivity index (χ3n) is 4.80. The Labute approximate surface area is 152 Å². The molecule has 0 radical (unpaired) electrons. The quantitative estimate of drug-likeness (QED) is 0.818. The van der Waals surface area contributed by atoms with Gasteiger partial charge in [0.05, 0.1) is 11.0 Å². The van der Waals surface area contributed by atoms with Gasteiger partial charge in [0.1, 0.15) is 0 Å². The summed E-state index contributed by atoms with van der Waals surface area (Å²) >= 11 is 0. The fourth-order valence-electron chi connectivity index (χ4n) is 3.31. The van der Waals surface area contributed by atoms with Gasteiger partial charge < -0.3 is 4.90 Å². The minimum absolute atomic E-state index is 0.000154. The van der Waals surface area contributed by atoms with Gasteiger partial charge in [-0.25, -0.2) is 8.42 Å². The lowest BCUT2D eigenvalue weighted by Crippen LogP contribution is -2.43. The van der Waals surface area contributed by atoms with E-state index in [1.165, 1.54) is 5.56 Å². The Morgan fingerprint density at radius 2 is 1.64 bits per heavy atom. The summed E-state index contributed by atoms with van der Waals surface area (Å²) in [4.78, 5) is 14.5. The minimum atomic E-state index is -3.06. The minimum Gasteiger partial charge on any atom is -0.339 e. The van der Waals surface area contributed by atoms with Gasteiger partial charge in [-0.2, -0.15) is 0 Å². The number of carbonyl (C=O) groups is 1. The van der Waals surface area contributed by atoms with Crippen LogP contribution in [0.4, 0.5) is 0 Å². The maximum absolute atomic E-state index is 12.7. The van der Waals surface area contributed by atoms with E-state index in [0.717, 1.165) is 0 Å². The maximum Gasteiger partial charge on any atom is 0.253 e. The molecule has 0 atom stereocenters. The van der Waals surface area contributed by atoms with Gasteiger partial charge in [-0.3, -0.25) is 4.79 Å². The maximum atomic E-state index is 12.7. The van der Waals surface area contributed by atoms with E-state index in [1.807, 2.05) is 38.1 Å². The number of hydrogen-bond acceptors (Lipinski definition) is 3. The molecule has 1 aliphatic heterocycles. The standard InChI is InChI=1S/C20H31NO3S/c1-15(2)14-25(23,24)18-10-12-21(13-11-18)19(22)16-6-8-17(9-7-16)20(3,4)5/h6-9,15,18H,10-14H2,1-5H3. The number of benzene rings is 1. The molecule has 0 bridgehead atoms. The Kier molecular flexibility index (Phi) is 5.97. The SMILES string of the molecule is CC(C)CS(=O)(=O)C1CCN(C(=O)c2ccc(C(C)(C)C)cc2)CC1. The molecule has 0 saturated carbocycles. The number of piperidine rings is 1. The lowest BCUT2D eigenvalue weighted by molar-refractivity contribution is 0.0725. The van der Waals surface area contributed by atoms with Crippen LogP contribution in [0.5, 0.6) is 0 Å². The summed E-state index contributed by atoms with van der Waals surface area (Å²) in [5, 5.41) is -0.304. The van der Waals surface area contributed by atoms with Gasteiger partial charge in [-0.15, -0.1) is 0 Å². The van der Waals surface area contributed by atoms with E-state index in [-0.39, 0.29) is 28.2 Å². The molecule has 1 fully saturated rings. The van der Waals surface area contributed by atoms with Gasteiger partial charge >= 0.3 is 0 Å². The molecule has 1 aromatic rings. The number of sulfone groups is 1. The monoisotopic (exact) mass is 365 g/mol. The van der Waals surface area contributed by atoms with Crippen molar-refractivity contribution in [3.05, 3.63) is 35.4 Å². The molecule has 140 valence electrons. The number of likely N-dealkylation sites (tertiary alicyclic amines) is 1. The highest BCUT2D eigenvalue weighted by atomic mass is 32.2. The molecule has 1 aromatic carbocycles. The number of nitrogens with zero attached hydrogens (tertiary/aromatic N) is 1. The van der Waals surface area contributed by atoms with Crippen LogP contribution >= 0.6 is 0 Å². The normalized spacial score (nSPS) is 17.1. The molecule has 1 heterocycles. The summed E-state index contributed by atoms with van der Waals surface area (Å²) in [5.41, 5.74) is 1.93. The van der Waals surface area contributed by atoms with Crippen molar-refractivity contribution in [2.75, 3.05) is 18.8 Å². The van der Waals surface area contributed by atoms with Crippen LogP contribution in [0.15, 0.2) is 24.3 Å². The highest BCUT2D eigenvalue weighted by molar-refractivity contribution is 7.92. The van der Waals surface area contributed by atoms with Gasteiger partial charge in [-0.1, -0.05) is 46.8 Å². The van der Waals surface area contributed by atoms with Crippen molar-refractivity contribution in [3.63, 3.8) is 0 Å². The lowest BCUT2D eigenvalue weighted by atomic mass is 9.86. The number of amides is 1. The van der Waals surface area contributed by atoms with Gasteiger partial charge in [0.25, 0.3) is 5.91 Å². The lowest BCUT2D eigenvalue weighted by Gasteiger charge is -2.32. The van der Waals surface area contributed by atoms with Crippen LogP contribution in [0.25, 0.3) is 0 Å².